The van der Waals surface area contributed by atoms with Gasteiger partial charge in [0.2, 0.25) is 0 Å². The largest absolute Gasteiger partial charge is 0.0988 e. The van der Waals surface area contributed by atoms with E-state index in [9.17, 15) is 0 Å². The summed E-state index contributed by atoms with van der Waals surface area (Å²) in [5.41, 5.74) is 2.52. The standard InChI is InChI=1S/C9H14/c1-5-9(4)7-6-8(2)3/h5-7H,1H2,2-4H3. The quantitative estimate of drug-likeness (QED) is 0.494. The molecule has 0 saturated carbocycles. The van der Waals surface area contributed by atoms with Crippen LogP contribution in [0.4, 0.5) is 0 Å². The molecule has 0 saturated heterocycles. The molecule has 0 aliphatic rings. The minimum atomic E-state index is 1.20. The molecule has 0 N–H and O–H groups in total. The van der Waals surface area contributed by atoms with E-state index >= 15 is 0 Å². The van der Waals surface area contributed by atoms with Crippen molar-refractivity contribution in [2.45, 2.75) is 20.8 Å². The van der Waals surface area contributed by atoms with E-state index in [1.165, 1.54) is 11.1 Å². The van der Waals surface area contributed by atoms with E-state index < -0.39 is 0 Å². The zero-order valence-corrected chi connectivity index (χ0v) is 6.44. The lowest BCUT2D eigenvalue weighted by Crippen LogP contribution is -1.64. The average molecular weight is 122 g/mol. The molecule has 0 nitrogen and oxygen atoms in total. The highest BCUT2D eigenvalue weighted by Crippen LogP contribution is 1.96. The Morgan fingerprint density at radius 1 is 1.11 bits per heavy atom. The van der Waals surface area contributed by atoms with Gasteiger partial charge in [-0.1, -0.05) is 36.0 Å². The molecule has 0 aliphatic heterocycles. The van der Waals surface area contributed by atoms with Crippen LogP contribution in [0.1, 0.15) is 20.8 Å². The van der Waals surface area contributed by atoms with Gasteiger partial charge in [0.25, 0.3) is 0 Å². The molecule has 0 unspecified atom stereocenters. The molecule has 0 heteroatoms. The van der Waals surface area contributed by atoms with Crippen molar-refractivity contribution in [3.8, 4) is 0 Å². The zero-order valence-electron chi connectivity index (χ0n) is 6.44. The fourth-order valence-corrected chi connectivity index (χ4v) is 0.366. The highest BCUT2D eigenvalue weighted by Gasteiger charge is 1.74. The summed E-state index contributed by atoms with van der Waals surface area (Å²) in [5.74, 6) is 0. The van der Waals surface area contributed by atoms with Crippen LogP contribution in [0.5, 0.6) is 0 Å². The van der Waals surface area contributed by atoms with Crippen LogP contribution < -0.4 is 0 Å². The lowest BCUT2D eigenvalue weighted by Gasteiger charge is -1.86. The topological polar surface area (TPSA) is 0 Å². The predicted molar refractivity (Wildman–Crippen MR) is 43.4 cm³/mol. The number of rotatable bonds is 2. The number of allylic oxidation sites excluding steroid dienone is 5. The third kappa shape index (κ3) is 5.09. The summed E-state index contributed by atoms with van der Waals surface area (Å²) in [6.07, 6.45) is 5.98. The van der Waals surface area contributed by atoms with Crippen LogP contribution in [0.2, 0.25) is 0 Å². The molecule has 0 amide bonds. The van der Waals surface area contributed by atoms with Crippen molar-refractivity contribution < 1.29 is 0 Å². The van der Waals surface area contributed by atoms with Crippen LogP contribution in [0, 0.1) is 0 Å². The molecular formula is C9H14. The third-order valence-electron chi connectivity index (χ3n) is 1.00. The van der Waals surface area contributed by atoms with Crippen molar-refractivity contribution in [2.75, 3.05) is 0 Å². The highest BCUT2D eigenvalue weighted by atomic mass is 13.8. The Balaban J connectivity index is 3.98. The van der Waals surface area contributed by atoms with Gasteiger partial charge in [-0.05, 0) is 20.8 Å². The molecule has 0 atom stereocenters. The lowest BCUT2D eigenvalue weighted by molar-refractivity contribution is 1.38. The SMILES string of the molecule is C=CC(C)=CC=C(C)C. The molecular weight excluding hydrogens is 108 g/mol. The summed E-state index contributed by atoms with van der Waals surface area (Å²) in [4.78, 5) is 0. The van der Waals surface area contributed by atoms with Crippen molar-refractivity contribution in [3.63, 3.8) is 0 Å². The predicted octanol–water partition coefficient (Wildman–Crippen LogP) is 3.08. The summed E-state index contributed by atoms with van der Waals surface area (Å²) in [7, 11) is 0. The van der Waals surface area contributed by atoms with E-state index in [2.05, 4.69) is 32.6 Å². The monoisotopic (exact) mass is 122 g/mol. The van der Waals surface area contributed by atoms with Gasteiger partial charge in [-0.3, -0.25) is 0 Å². The molecule has 0 aliphatic carbocycles. The molecule has 0 aromatic heterocycles. The van der Waals surface area contributed by atoms with Gasteiger partial charge in [0, 0.05) is 0 Å². The molecule has 0 aromatic rings. The minimum absolute atomic E-state index is 1.20. The van der Waals surface area contributed by atoms with Gasteiger partial charge < -0.3 is 0 Å². The van der Waals surface area contributed by atoms with Gasteiger partial charge in [-0.15, -0.1) is 0 Å². The first-order valence-electron chi connectivity index (χ1n) is 3.11. The Kier molecular flexibility index (Phi) is 3.78. The first-order chi connectivity index (χ1) is 4.16. The van der Waals surface area contributed by atoms with Crippen molar-refractivity contribution in [2.24, 2.45) is 0 Å². The minimum Gasteiger partial charge on any atom is -0.0988 e. The van der Waals surface area contributed by atoms with Gasteiger partial charge >= 0.3 is 0 Å². The number of hydrogen-bond acceptors (Lipinski definition) is 0. The first kappa shape index (κ1) is 8.22. The van der Waals surface area contributed by atoms with Crippen molar-refractivity contribution in [1.29, 1.82) is 0 Å². The van der Waals surface area contributed by atoms with E-state index in [0.29, 0.717) is 0 Å². The fourth-order valence-electron chi connectivity index (χ4n) is 0.366. The molecule has 0 radical (unpaired) electrons. The molecule has 9 heavy (non-hydrogen) atoms. The van der Waals surface area contributed by atoms with Crippen molar-refractivity contribution in [3.05, 3.63) is 36.0 Å². The Bertz CT molecular complexity index is 143. The summed E-state index contributed by atoms with van der Waals surface area (Å²) in [5, 5.41) is 0. The fraction of sp³-hybridized carbons (Fsp3) is 0.333. The van der Waals surface area contributed by atoms with Crippen LogP contribution in [0.25, 0.3) is 0 Å². The van der Waals surface area contributed by atoms with E-state index in [1.54, 1.807) is 0 Å². The van der Waals surface area contributed by atoms with E-state index in [1.807, 2.05) is 13.0 Å². The first-order valence-corrected chi connectivity index (χ1v) is 3.11. The Hall–Kier alpha value is -0.780. The third-order valence-corrected chi connectivity index (χ3v) is 1.00. The van der Waals surface area contributed by atoms with Gasteiger partial charge in [0.15, 0.2) is 0 Å². The molecule has 0 rings (SSSR count). The Morgan fingerprint density at radius 3 is 2.00 bits per heavy atom. The van der Waals surface area contributed by atoms with Gasteiger partial charge in [0.05, 0.1) is 0 Å². The smallest absolute Gasteiger partial charge is 0.0398 e. The van der Waals surface area contributed by atoms with Crippen LogP contribution >= 0.6 is 0 Å². The van der Waals surface area contributed by atoms with Crippen LogP contribution in [0.15, 0.2) is 36.0 Å². The highest BCUT2D eigenvalue weighted by molar-refractivity contribution is 5.21. The summed E-state index contributed by atoms with van der Waals surface area (Å²) in [6.45, 7) is 9.83. The second-order valence-corrected chi connectivity index (χ2v) is 2.36. The Morgan fingerprint density at radius 2 is 1.67 bits per heavy atom. The summed E-state index contributed by atoms with van der Waals surface area (Å²) >= 11 is 0. The van der Waals surface area contributed by atoms with E-state index in [0.717, 1.165) is 0 Å². The molecule has 0 fully saturated rings. The second-order valence-electron chi connectivity index (χ2n) is 2.36. The molecule has 50 valence electrons. The summed E-state index contributed by atoms with van der Waals surface area (Å²) < 4.78 is 0. The molecule has 0 heterocycles. The maximum atomic E-state index is 3.64. The van der Waals surface area contributed by atoms with E-state index in [4.69, 9.17) is 0 Å². The van der Waals surface area contributed by atoms with Crippen LogP contribution in [-0.2, 0) is 0 Å². The normalized spacial score (nSPS) is 10.8. The van der Waals surface area contributed by atoms with E-state index in [-0.39, 0.29) is 0 Å². The second kappa shape index (κ2) is 4.13. The average Bonchev–Trinajstić information content (AvgIpc) is 1.83. The van der Waals surface area contributed by atoms with Gasteiger partial charge in [-0.2, -0.15) is 0 Å². The van der Waals surface area contributed by atoms with Crippen molar-refractivity contribution >= 4 is 0 Å². The Labute approximate surface area is 57.6 Å². The molecule has 0 bridgehead atoms. The summed E-state index contributed by atoms with van der Waals surface area (Å²) in [6, 6.07) is 0. The van der Waals surface area contributed by atoms with Crippen LogP contribution in [0.3, 0.4) is 0 Å². The lowest BCUT2D eigenvalue weighted by atomic mass is 10.2. The van der Waals surface area contributed by atoms with Crippen LogP contribution in [-0.4, -0.2) is 0 Å². The maximum absolute atomic E-state index is 3.64. The molecule has 0 aromatic carbocycles. The van der Waals surface area contributed by atoms with Gasteiger partial charge in [0.1, 0.15) is 0 Å². The molecule has 0 spiro atoms. The van der Waals surface area contributed by atoms with Crippen molar-refractivity contribution in [1.82, 2.24) is 0 Å². The number of hydrogen-bond donors (Lipinski definition) is 0. The zero-order chi connectivity index (χ0) is 7.28. The maximum Gasteiger partial charge on any atom is -0.0398 e. The van der Waals surface area contributed by atoms with Gasteiger partial charge in [-0.25, -0.2) is 0 Å².